The lowest BCUT2D eigenvalue weighted by atomic mass is 9.75. The van der Waals surface area contributed by atoms with Crippen molar-refractivity contribution in [3.8, 4) is 0 Å². The third-order valence-corrected chi connectivity index (χ3v) is 4.65. The third kappa shape index (κ3) is 4.09. The summed E-state index contributed by atoms with van der Waals surface area (Å²) < 4.78 is 27.3. The highest BCUT2D eigenvalue weighted by Crippen LogP contribution is 2.39. The molecule has 0 aromatic heterocycles. The Labute approximate surface area is 139 Å². The molecule has 3 rings (SSSR count). The normalized spacial score (nSPS) is 25.3. The van der Waals surface area contributed by atoms with Crippen molar-refractivity contribution < 1.29 is 23.5 Å². The zero-order chi connectivity index (χ0) is 17.1. The standard InChI is InChI=1S/C17H22F2N2O3/c18-12-2-3-14(15(19)10-12)17(11-8-13(22)9-11)20-16(23)4-6-21-5-1-7-24-21/h2-3,10-11,13,17,22H,1,4-9H2,(H,20,23). The second kappa shape index (κ2) is 7.55. The number of hydroxylamine groups is 2. The number of rotatable bonds is 6. The second-order valence-electron chi connectivity index (χ2n) is 6.46. The van der Waals surface area contributed by atoms with Gasteiger partial charge in [-0.1, -0.05) is 6.07 Å². The van der Waals surface area contributed by atoms with E-state index in [0.717, 1.165) is 19.0 Å². The predicted molar refractivity (Wildman–Crippen MR) is 82.7 cm³/mol. The van der Waals surface area contributed by atoms with Crippen LogP contribution in [-0.2, 0) is 9.63 Å². The molecular formula is C17H22F2N2O3. The van der Waals surface area contributed by atoms with Gasteiger partial charge < -0.3 is 10.4 Å². The van der Waals surface area contributed by atoms with Crippen molar-refractivity contribution in [2.45, 2.75) is 37.8 Å². The molecule has 0 bridgehead atoms. The molecule has 1 saturated heterocycles. The summed E-state index contributed by atoms with van der Waals surface area (Å²) in [5.74, 6) is -1.58. The minimum Gasteiger partial charge on any atom is -0.393 e. The van der Waals surface area contributed by atoms with E-state index in [0.29, 0.717) is 26.0 Å². The van der Waals surface area contributed by atoms with Crippen molar-refractivity contribution >= 4 is 5.91 Å². The largest absolute Gasteiger partial charge is 0.393 e. The van der Waals surface area contributed by atoms with Gasteiger partial charge in [-0.3, -0.25) is 9.63 Å². The molecule has 1 aliphatic carbocycles. The highest BCUT2D eigenvalue weighted by Gasteiger charge is 2.36. The first-order valence-electron chi connectivity index (χ1n) is 8.33. The molecule has 1 aromatic rings. The van der Waals surface area contributed by atoms with Crippen LogP contribution in [0.15, 0.2) is 18.2 Å². The van der Waals surface area contributed by atoms with E-state index >= 15 is 0 Å². The lowest BCUT2D eigenvalue weighted by Crippen LogP contribution is -2.42. The van der Waals surface area contributed by atoms with Crippen LogP contribution in [0.4, 0.5) is 8.78 Å². The summed E-state index contributed by atoms with van der Waals surface area (Å²) in [6, 6.07) is 2.82. The molecule has 132 valence electrons. The summed E-state index contributed by atoms with van der Waals surface area (Å²) in [4.78, 5) is 17.6. The molecule has 2 fully saturated rings. The van der Waals surface area contributed by atoms with Crippen LogP contribution in [0.2, 0.25) is 0 Å². The molecule has 2 aliphatic rings. The minimum absolute atomic E-state index is 0.0491. The van der Waals surface area contributed by atoms with Gasteiger partial charge >= 0.3 is 0 Å². The van der Waals surface area contributed by atoms with E-state index in [1.165, 1.54) is 12.1 Å². The number of hydrogen-bond donors (Lipinski definition) is 2. The van der Waals surface area contributed by atoms with Gasteiger partial charge in [0.1, 0.15) is 11.6 Å². The number of amides is 1. The van der Waals surface area contributed by atoms with Crippen molar-refractivity contribution in [3.05, 3.63) is 35.4 Å². The topological polar surface area (TPSA) is 61.8 Å². The average Bonchev–Trinajstić information content (AvgIpc) is 3.02. The number of aliphatic hydroxyl groups is 1. The van der Waals surface area contributed by atoms with Crippen LogP contribution in [0.25, 0.3) is 0 Å². The number of hydrogen-bond acceptors (Lipinski definition) is 4. The first-order valence-corrected chi connectivity index (χ1v) is 8.33. The van der Waals surface area contributed by atoms with E-state index < -0.39 is 23.8 Å². The van der Waals surface area contributed by atoms with Gasteiger partial charge in [0.2, 0.25) is 5.91 Å². The van der Waals surface area contributed by atoms with Crippen LogP contribution in [0.3, 0.4) is 0 Å². The Morgan fingerprint density at radius 3 is 2.83 bits per heavy atom. The highest BCUT2D eigenvalue weighted by molar-refractivity contribution is 5.76. The number of nitrogens with one attached hydrogen (secondary N) is 1. The average molecular weight is 340 g/mol. The summed E-state index contributed by atoms with van der Waals surface area (Å²) in [6.45, 7) is 1.96. The minimum atomic E-state index is -0.676. The molecule has 2 N–H and O–H groups in total. The number of aliphatic hydroxyl groups excluding tert-OH is 1. The Hall–Kier alpha value is -1.57. The van der Waals surface area contributed by atoms with E-state index in [2.05, 4.69) is 5.32 Å². The first kappa shape index (κ1) is 17.3. The van der Waals surface area contributed by atoms with E-state index in [4.69, 9.17) is 4.84 Å². The Balaban J connectivity index is 1.64. The maximum absolute atomic E-state index is 14.1. The van der Waals surface area contributed by atoms with E-state index in [-0.39, 0.29) is 23.8 Å². The number of halogens is 2. The van der Waals surface area contributed by atoms with E-state index in [9.17, 15) is 18.7 Å². The van der Waals surface area contributed by atoms with Crippen molar-refractivity contribution in [1.82, 2.24) is 10.4 Å². The van der Waals surface area contributed by atoms with Gasteiger partial charge in [-0.2, -0.15) is 5.06 Å². The van der Waals surface area contributed by atoms with E-state index in [1.807, 2.05) is 0 Å². The number of benzene rings is 1. The molecule has 1 atom stereocenters. The van der Waals surface area contributed by atoms with Crippen LogP contribution in [-0.4, -0.2) is 41.9 Å². The number of carbonyl (C=O) groups excluding carboxylic acids is 1. The molecule has 7 heteroatoms. The maximum Gasteiger partial charge on any atom is 0.221 e. The van der Waals surface area contributed by atoms with Gasteiger partial charge in [0, 0.05) is 31.1 Å². The van der Waals surface area contributed by atoms with Gasteiger partial charge in [0.25, 0.3) is 0 Å². The van der Waals surface area contributed by atoms with Gasteiger partial charge in [-0.15, -0.1) is 0 Å². The molecule has 5 nitrogen and oxygen atoms in total. The smallest absolute Gasteiger partial charge is 0.221 e. The number of carbonyl (C=O) groups is 1. The Morgan fingerprint density at radius 1 is 1.42 bits per heavy atom. The van der Waals surface area contributed by atoms with Gasteiger partial charge in [-0.05, 0) is 31.2 Å². The second-order valence-corrected chi connectivity index (χ2v) is 6.46. The molecule has 1 aliphatic heterocycles. The van der Waals surface area contributed by atoms with Crippen LogP contribution in [0, 0.1) is 17.6 Å². The molecule has 0 spiro atoms. The van der Waals surface area contributed by atoms with Crippen LogP contribution in [0.1, 0.15) is 37.3 Å². The molecule has 1 aromatic carbocycles. The maximum atomic E-state index is 14.1. The lowest BCUT2D eigenvalue weighted by molar-refractivity contribution is -0.131. The molecule has 1 saturated carbocycles. The third-order valence-electron chi connectivity index (χ3n) is 4.65. The van der Waals surface area contributed by atoms with Crippen LogP contribution >= 0.6 is 0 Å². The summed E-state index contributed by atoms with van der Waals surface area (Å²) in [5.41, 5.74) is 0.263. The Bertz CT molecular complexity index is 587. The number of nitrogens with zero attached hydrogens (tertiary/aromatic N) is 1. The van der Waals surface area contributed by atoms with Crippen molar-refractivity contribution in [3.63, 3.8) is 0 Å². The molecule has 24 heavy (non-hydrogen) atoms. The monoisotopic (exact) mass is 340 g/mol. The molecular weight excluding hydrogens is 318 g/mol. The van der Waals surface area contributed by atoms with Gasteiger partial charge in [0.05, 0.1) is 18.8 Å². The summed E-state index contributed by atoms with van der Waals surface area (Å²) >= 11 is 0. The lowest BCUT2D eigenvalue weighted by Gasteiger charge is -2.38. The van der Waals surface area contributed by atoms with Crippen LogP contribution < -0.4 is 5.32 Å². The fourth-order valence-corrected chi connectivity index (χ4v) is 3.25. The quantitative estimate of drug-likeness (QED) is 0.831. The molecule has 1 heterocycles. The molecule has 1 unspecified atom stereocenters. The first-order chi connectivity index (χ1) is 11.5. The van der Waals surface area contributed by atoms with Gasteiger partial charge in [0.15, 0.2) is 0 Å². The fraction of sp³-hybridized carbons (Fsp3) is 0.588. The summed E-state index contributed by atoms with van der Waals surface area (Å²) in [7, 11) is 0. The highest BCUT2D eigenvalue weighted by atomic mass is 19.1. The fourth-order valence-electron chi connectivity index (χ4n) is 3.25. The van der Waals surface area contributed by atoms with Gasteiger partial charge in [-0.25, -0.2) is 8.78 Å². The van der Waals surface area contributed by atoms with Crippen molar-refractivity contribution in [2.75, 3.05) is 19.7 Å². The van der Waals surface area contributed by atoms with Crippen LogP contribution in [0.5, 0.6) is 0 Å². The Morgan fingerprint density at radius 2 is 2.21 bits per heavy atom. The molecule has 1 amide bonds. The zero-order valence-corrected chi connectivity index (χ0v) is 13.4. The molecule has 0 radical (unpaired) electrons. The van der Waals surface area contributed by atoms with Crippen molar-refractivity contribution in [2.24, 2.45) is 5.92 Å². The SMILES string of the molecule is O=C(CCN1CCCO1)NC(c1ccc(F)cc1F)C1CC(O)C1. The Kier molecular flexibility index (Phi) is 5.43. The summed E-state index contributed by atoms with van der Waals surface area (Å²) in [6.07, 6.45) is 1.77. The predicted octanol–water partition coefficient (Wildman–Crippen LogP) is 1.92. The summed E-state index contributed by atoms with van der Waals surface area (Å²) in [5, 5.41) is 14.1. The van der Waals surface area contributed by atoms with E-state index in [1.54, 1.807) is 5.06 Å². The van der Waals surface area contributed by atoms with Crippen molar-refractivity contribution in [1.29, 1.82) is 0 Å². The zero-order valence-electron chi connectivity index (χ0n) is 13.4.